The van der Waals surface area contributed by atoms with Crippen molar-refractivity contribution in [1.82, 2.24) is 4.98 Å². The second kappa shape index (κ2) is 4.49. The van der Waals surface area contributed by atoms with E-state index in [2.05, 4.69) is 52.2 Å². The number of fused-ring (bicyclic) bond motifs is 1. The van der Waals surface area contributed by atoms with Crippen LogP contribution >= 0.6 is 27.3 Å². The summed E-state index contributed by atoms with van der Waals surface area (Å²) in [6.45, 7) is 4.70. The van der Waals surface area contributed by atoms with Crippen LogP contribution in [0.15, 0.2) is 22.7 Å². The first kappa shape index (κ1) is 12.4. The van der Waals surface area contributed by atoms with Crippen molar-refractivity contribution in [3.05, 3.63) is 22.7 Å². The van der Waals surface area contributed by atoms with Crippen LogP contribution in [0.5, 0.6) is 0 Å². The highest BCUT2D eigenvalue weighted by atomic mass is 79.9. The molecule has 1 aromatic heterocycles. The fraction of sp³-hybridized carbons (Fsp3) is 0.500. The molecule has 1 unspecified atom stereocenters. The molecule has 2 nitrogen and oxygen atoms in total. The quantitative estimate of drug-likeness (QED) is 0.836. The number of halogens is 1. The Bertz CT molecular complexity index is 576. The first-order valence-electron chi connectivity index (χ1n) is 6.34. The molecule has 96 valence electrons. The Labute approximate surface area is 120 Å². The van der Waals surface area contributed by atoms with Gasteiger partial charge in [0, 0.05) is 10.5 Å². The number of rotatable bonds is 2. The van der Waals surface area contributed by atoms with Crippen molar-refractivity contribution in [3.8, 4) is 0 Å². The smallest absolute Gasteiger partial charge is 0.184 e. The monoisotopic (exact) mass is 324 g/mol. The highest BCUT2D eigenvalue weighted by molar-refractivity contribution is 9.10. The predicted octanol–water partition coefficient (Wildman–Crippen LogP) is 5.05. The summed E-state index contributed by atoms with van der Waals surface area (Å²) in [6, 6.07) is 6.84. The van der Waals surface area contributed by atoms with Gasteiger partial charge in [0.1, 0.15) is 0 Å². The zero-order valence-corrected chi connectivity index (χ0v) is 13.1. The molecule has 0 spiro atoms. The van der Waals surface area contributed by atoms with E-state index in [0.29, 0.717) is 11.5 Å². The number of nitrogens with one attached hydrogen (secondary N) is 1. The van der Waals surface area contributed by atoms with E-state index in [4.69, 9.17) is 0 Å². The lowest BCUT2D eigenvalue weighted by atomic mass is 9.92. The molecule has 1 aliphatic rings. The van der Waals surface area contributed by atoms with Crippen LogP contribution in [0.2, 0.25) is 0 Å². The molecular formula is C14H17BrN2S. The first-order chi connectivity index (χ1) is 8.52. The van der Waals surface area contributed by atoms with E-state index in [1.807, 2.05) is 6.07 Å². The summed E-state index contributed by atoms with van der Waals surface area (Å²) < 4.78 is 2.36. The summed E-state index contributed by atoms with van der Waals surface area (Å²) in [4.78, 5) is 4.65. The van der Waals surface area contributed by atoms with Crippen LogP contribution in [0.25, 0.3) is 10.2 Å². The molecule has 1 saturated carbocycles. The number of thiazole rings is 1. The predicted molar refractivity (Wildman–Crippen MR) is 82.4 cm³/mol. The summed E-state index contributed by atoms with van der Waals surface area (Å²) in [5, 5.41) is 4.66. The standard InChI is InChI=1S/C14H17BrN2S/c1-14(2)6-5-10(8-14)16-13-17-11-4-3-9(15)7-12(11)18-13/h3-4,7,10H,5-6,8H2,1-2H3,(H,16,17). The number of hydrogen-bond donors (Lipinski definition) is 1. The number of aromatic nitrogens is 1. The van der Waals surface area contributed by atoms with Crippen LogP contribution in [0.3, 0.4) is 0 Å². The number of hydrogen-bond acceptors (Lipinski definition) is 3. The molecule has 1 N–H and O–H groups in total. The summed E-state index contributed by atoms with van der Waals surface area (Å²) >= 11 is 5.25. The maximum Gasteiger partial charge on any atom is 0.184 e. The van der Waals surface area contributed by atoms with E-state index in [9.17, 15) is 0 Å². The SMILES string of the molecule is CC1(C)CCC(Nc2nc3ccc(Br)cc3s2)C1. The molecule has 4 heteroatoms. The van der Waals surface area contributed by atoms with Gasteiger partial charge in [-0.3, -0.25) is 0 Å². The van der Waals surface area contributed by atoms with Gasteiger partial charge in [-0.2, -0.15) is 0 Å². The Morgan fingerprint density at radius 2 is 2.28 bits per heavy atom. The molecule has 3 rings (SSSR count). The number of anilines is 1. The zero-order chi connectivity index (χ0) is 12.8. The molecule has 1 fully saturated rings. The van der Waals surface area contributed by atoms with E-state index in [-0.39, 0.29) is 0 Å². The lowest BCUT2D eigenvalue weighted by molar-refractivity contribution is 0.378. The Morgan fingerprint density at radius 3 is 3.00 bits per heavy atom. The highest BCUT2D eigenvalue weighted by Gasteiger charge is 2.31. The molecule has 2 aromatic rings. The van der Waals surface area contributed by atoms with Crippen LogP contribution in [0, 0.1) is 5.41 Å². The second-order valence-electron chi connectivity index (χ2n) is 5.88. The van der Waals surface area contributed by atoms with Crippen molar-refractivity contribution < 1.29 is 0 Å². The topological polar surface area (TPSA) is 24.9 Å². The Hall–Kier alpha value is -0.610. The molecule has 0 amide bonds. The second-order valence-corrected chi connectivity index (χ2v) is 7.83. The average molecular weight is 325 g/mol. The van der Waals surface area contributed by atoms with Gasteiger partial charge in [-0.15, -0.1) is 0 Å². The van der Waals surface area contributed by atoms with Crippen LogP contribution < -0.4 is 5.32 Å². The Kier molecular flexibility index (Phi) is 3.10. The first-order valence-corrected chi connectivity index (χ1v) is 7.95. The normalized spacial score (nSPS) is 22.5. The van der Waals surface area contributed by atoms with Crippen molar-refractivity contribution in [2.24, 2.45) is 5.41 Å². The van der Waals surface area contributed by atoms with Gasteiger partial charge in [0.15, 0.2) is 5.13 Å². The van der Waals surface area contributed by atoms with Gasteiger partial charge in [-0.05, 0) is 42.9 Å². The van der Waals surface area contributed by atoms with Crippen LogP contribution in [0.1, 0.15) is 33.1 Å². The van der Waals surface area contributed by atoms with Crippen molar-refractivity contribution in [2.75, 3.05) is 5.32 Å². The molecule has 1 atom stereocenters. The van der Waals surface area contributed by atoms with E-state index < -0.39 is 0 Å². The summed E-state index contributed by atoms with van der Waals surface area (Å²) in [7, 11) is 0. The number of nitrogens with zero attached hydrogens (tertiary/aromatic N) is 1. The van der Waals surface area contributed by atoms with Gasteiger partial charge >= 0.3 is 0 Å². The minimum atomic E-state index is 0.484. The number of benzene rings is 1. The van der Waals surface area contributed by atoms with Gasteiger partial charge in [0.25, 0.3) is 0 Å². The third-order valence-electron chi connectivity index (χ3n) is 3.65. The molecule has 0 aliphatic heterocycles. The molecular weight excluding hydrogens is 308 g/mol. The van der Waals surface area contributed by atoms with Gasteiger partial charge in [-0.25, -0.2) is 4.98 Å². The largest absolute Gasteiger partial charge is 0.359 e. The molecule has 1 heterocycles. The van der Waals surface area contributed by atoms with Crippen molar-refractivity contribution in [3.63, 3.8) is 0 Å². The molecule has 1 aliphatic carbocycles. The van der Waals surface area contributed by atoms with Gasteiger partial charge < -0.3 is 5.32 Å². The minimum Gasteiger partial charge on any atom is -0.359 e. The summed E-state index contributed by atoms with van der Waals surface area (Å²) in [5.41, 5.74) is 1.57. The lowest BCUT2D eigenvalue weighted by Gasteiger charge is -2.17. The maximum absolute atomic E-state index is 4.65. The maximum atomic E-state index is 4.65. The van der Waals surface area contributed by atoms with Crippen molar-refractivity contribution in [1.29, 1.82) is 0 Å². The third-order valence-corrected chi connectivity index (χ3v) is 5.09. The molecule has 0 saturated heterocycles. The van der Waals surface area contributed by atoms with E-state index >= 15 is 0 Å². The summed E-state index contributed by atoms with van der Waals surface area (Å²) in [6.07, 6.45) is 3.81. The molecule has 1 aromatic carbocycles. The van der Waals surface area contributed by atoms with Gasteiger partial charge in [0.2, 0.25) is 0 Å². The molecule has 18 heavy (non-hydrogen) atoms. The van der Waals surface area contributed by atoms with Crippen molar-refractivity contribution in [2.45, 2.75) is 39.2 Å². The fourth-order valence-corrected chi connectivity index (χ4v) is 4.19. The van der Waals surface area contributed by atoms with Gasteiger partial charge in [0.05, 0.1) is 10.2 Å². The van der Waals surface area contributed by atoms with E-state index in [1.165, 1.54) is 24.0 Å². The molecule has 0 radical (unpaired) electrons. The third kappa shape index (κ3) is 2.54. The zero-order valence-electron chi connectivity index (χ0n) is 10.7. The Balaban J connectivity index is 1.79. The van der Waals surface area contributed by atoms with Crippen LogP contribution in [0.4, 0.5) is 5.13 Å². The van der Waals surface area contributed by atoms with E-state index in [1.54, 1.807) is 11.3 Å². The fourth-order valence-electron chi connectivity index (χ4n) is 2.69. The minimum absolute atomic E-state index is 0.484. The summed E-state index contributed by atoms with van der Waals surface area (Å²) in [5.74, 6) is 0. The Morgan fingerprint density at radius 1 is 1.44 bits per heavy atom. The average Bonchev–Trinajstić information content (AvgIpc) is 2.81. The molecule has 0 bridgehead atoms. The van der Waals surface area contributed by atoms with Crippen molar-refractivity contribution >= 4 is 42.6 Å². The van der Waals surface area contributed by atoms with Crippen LogP contribution in [-0.4, -0.2) is 11.0 Å². The lowest BCUT2D eigenvalue weighted by Crippen LogP contribution is -2.17. The van der Waals surface area contributed by atoms with Crippen LogP contribution in [-0.2, 0) is 0 Å². The van der Waals surface area contributed by atoms with E-state index in [0.717, 1.165) is 15.1 Å². The highest BCUT2D eigenvalue weighted by Crippen LogP contribution is 2.39. The van der Waals surface area contributed by atoms with Gasteiger partial charge in [-0.1, -0.05) is 41.1 Å².